The second-order valence-electron chi connectivity index (χ2n) is 7.46. The van der Waals surface area contributed by atoms with Crippen LogP contribution >= 0.6 is 0 Å². The van der Waals surface area contributed by atoms with E-state index in [1.54, 1.807) is 46.2 Å². The molecule has 170 valence electrons. The summed E-state index contributed by atoms with van der Waals surface area (Å²) >= 11 is 0. The molecular weight excluding hydrogens is 435 g/mol. The van der Waals surface area contributed by atoms with E-state index in [2.05, 4.69) is 4.98 Å². The highest BCUT2D eigenvalue weighted by Crippen LogP contribution is 2.30. The Morgan fingerprint density at radius 3 is 1.79 bits per heavy atom. The molecule has 0 aliphatic carbocycles. The highest BCUT2D eigenvalue weighted by Gasteiger charge is 2.30. The third kappa shape index (κ3) is 5.31. The first-order valence-corrected chi connectivity index (χ1v) is 10.3. The normalized spacial score (nSPS) is 14.2. The van der Waals surface area contributed by atoms with Gasteiger partial charge in [0.2, 0.25) is 5.88 Å². The smallest absolute Gasteiger partial charge is 0.417 e. The molecule has 3 aromatic rings. The summed E-state index contributed by atoms with van der Waals surface area (Å²) < 4.78 is 43.3. The number of alkyl halides is 3. The maximum Gasteiger partial charge on any atom is 0.417 e. The maximum absolute atomic E-state index is 12.8. The van der Waals surface area contributed by atoms with E-state index in [0.29, 0.717) is 49.3 Å². The molecule has 0 unspecified atom stereocenters. The summed E-state index contributed by atoms with van der Waals surface area (Å²) in [5.41, 5.74) is 0.210. The van der Waals surface area contributed by atoms with Crippen LogP contribution < -0.4 is 4.74 Å². The molecule has 33 heavy (non-hydrogen) atoms. The van der Waals surface area contributed by atoms with E-state index in [4.69, 9.17) is 4.74 Å². The topological polar surface area (TPSA) is 62.7 Å². The quantitative estimate of drug-likeness (QED) is 0.582. The van der Waals surface area contributed by atoms with Gasteiger partial charge in [0.15, 0.2) is 0 Å². The fourth-order valence-corrected chi connectivity index (χ4v) is 3.45. The van der Waals surface area contributed by atoms with E-state index in [1.807, 2.05) is 18.2 Å². The number of nitrogens with zero attached hydrogens (tertiary/aromatic N) is 3. The van der Waals surface area contributed by atoms with Crippen LogP contribution in [0.1, 0.15) is 26.3 Å². The second-order valence-corrected chi connectivity index (χ2v) is 7.46. The number of benzene rings is 2. The number of ether oxygens (including phenoxy) is 1. The number of hydrogen-bond acceptors (Lipinski definition) is 4. The fourth-order valence-electron chi connectivity index (χ4n) is 3.45. The Balaban J connectivity index is 1.33. The third-order valence-electron chi connectivity index (χ3n) is 5.26. The number of piperazine rings is 1. The van der Waals surface area contributed by atoms with Gasteiger partial charge < -0.3 is 14.5 Å². The lowest BCUT2D eigenvalue weighted by atomic mass is 10.1. The van der Waals surface area contributed by atoms with E-state index >= 15 is 0 Å². The maximum atomic E-state index is 12.8. The van der Waals surface area contributed by atoms with Gasteiger partial charge >= 0.3 is 6.18 Å². The van der Waals surface area contributed by atoms with Gasteiger partial charge in [-0.3, -0.25) is 9.59 Å². The molecule has 1 saturated heterocycles. The summed E-state index contributed by atoms with van der Waals surface area (Å²) in [5, 5.41) is 0. The van der Waals surface area contributed by atoms with Gasteiger partial charge in [-0.2, -0.15) is 13.2 Å². The number of carbonyl (C=O) groups is 2. The first-order chi connectivity index (χ1) is 15.8. The van der Waals surface area contributed by atoms with Crippen molar-refractivity contribution in [3.05, 3.63) is 89.6 Å². The van der Waals surface area contributed by atoms with E-state index in [1.165, 1.54) is 0 Å². The fraction of sp³-hybridized carbons (Fsp3) is 0.208. The van der Waals surface area contributed by atoms with Gasteiger partial charge in [0.1, 0.15) is 5.75 Å². The number of halogens is 3. The third-order valence-corrected chi connectivity index (χ3v) is 5.26. The Bertz CT molecular complexity index is 1110. The SMILES string of the molecule is O=C(c1ccccc1)N1CCN(C(=O)c2ccc(Oc3ccc(C(F)(F)F)cn3)cc2)CC1. The van der Waals surface area contributed by atoms with E-state index in [-0.39, 0.29) is 17.7 Å². The molecule has 1 aliphatic rings. The number of carbonyl (C=O) groups excluding carboxylic acids is 2. The molecule has 9 heteroatoms. The summed E-state index contributed by atoms with van der Waals surface area (Å²) in [5.74, 6) is 0.139. The lowest BCUT2D eigenvalue weighted by Gasteiger charge is -2.34. The summed E-state index contributed by atoms with van der Waals surface area (Å²) in [6.07, 6.45) is -3.76. The van der Waals surface area contributed by atoms with E-state index in [9.17, 15) is 22.8 Å². The zero-order valence-electron chi connectivity index (χ0n) is 17.5. The van der Waals surface area contributed by atoms with Crippen molar-refractivity contribution in [1.29, 1.82) is 0 Å². The second kappa shape index (κ2) is 9.32. The molecule has 6 nitrogen and oxygen atoms in total. The first-order valence-electron chi connectivity index (χ1n) is 10.3. The molecule has 2 aromatic carbocycles. The number of pyridine rings is 1. The van der Waals surface area contributed by atoms with Crippen molar-refractivity contribution in [1.82, 2.24) is 14.8 Å². The van der Waals surface area contributed by atoms with Gasteiger partial charge in [-0.15, -0.1) is 0 Å². The van der Waals surface area contributed by atoms with Crippen molar-refractivity contribution in [3.8, 4) is 11.6 Å². The predicted molar refractivity (Wildman–Crippen MR) is 114 cm³/mol. The average molecular weight is 455 g/mol. The van der Waals surface area contributed by atoms with Crippen LogP contribution in [-0.4, -0.2) is 52.8 Å². The Morgan fingerprint density at radius 1 is 0.758 bits per heavy atom. The van der Waals surface area contributed by atoms with Crippen LogP contribution in [0.25, 0.3) is 0 Å². The molecule has 0 saturated carbocycles. The standard InChI is InChI=1S/C24H20F3N3O3/c25-24(26,27)19-8-11-21(28-16-19)33-20-9-6-18(7-10-20)23(32)30-14-12-29(13-15-30)22(31)17-4-2-1-3-5-17/h1-11,16H,12-15H2. The van der Waals surface area contributed by atoms with Crippen molar-refractivity contribution in [2.24, 2.45) is 0 Å². The molecule has 2 amide bonds. The molecule has 4 rings (SSSR count). The van der Waals surface area contributed by atoms with Crippen LogP contribution in [0.5, 0.6) is 11.6 Å². The predicted octanol–water partition coefficient (Wildman–Crippen LogP) is 4.49. The van der Waals surface area contributed by atoms with Gasteiger partial charge in [0.05, 0.1) is 5.56 Å². The Labute approximate surface area is 188 Å². The van der Waals surface area contributed by atoms with E-state index < -0.39 is 11.7 Å². The molecule has 0 spiro atoms. The molecule has 1 aliphatic heterocycles. The number of rotatable bonds is 4. The van der Waals surface area contributed by atoms with Crippen LogP contribution in [0.4, 0.5) is 13.2 Å². The van der Waals surface area contributed by atoms with Crippen molar-refractivity contribution < 1.29 is 27.5 Å². The molecular formula is C24H20F3N3O3. The summed E-state index contributed by atoms with van der Waals surface area (Å²) in [7, 11) is 0. The highest BCUT2D eigenvalue weighted by atomic mass is 19.4. The molecule has 0 atom stereocenters. The van der Waals surface area contributed by atoms with Crippen LogP contribution in [-0.2, 0) is 6.18 Å². The molecule has 2 heterocycles. The average Bonchev–Trinajstić information content (AvgIpc) is 2.84. The highest BCUT2D eigenvalue weighted by molar-refractivity contribution is 5.96. The summed E-state index contributed by atoms with van der Waals surface area (Å²) in [6, 6.07) is 17.3. The molecule has 1 aromatic heterocycles. The molecule has 0 bridgehead atoms. The number of hydrogen-bond donors (Lipinski definition) is 0. The lowest BCUT2D eigenvalue weighted by Crippen LogP contribution is -2.50. The van der Waals surface area contributed by atoms with Crippen molar-refractivity contribution in [2.75, 3.05) is 26.2 Å². The minimum absolute atomic E-state index is 0.0151. The van der Waals surface area contributed by atoms with Crippen molar-refractivity contribution in [2.45, 2.75) is 6.18 Å². The van der Waals surface area contributed by atoms with Crippen LogP contribution in [0.2, 0.25) is 0 Å². The summed E-state index contributed by atoms with van der Waals surface area (Å²) in [4.78, 5) is 32.4. The Morgan fingerprint density at radius 2 is 1.30 bits per heavy atom. The van der Waals surface area contributed by atoms with Gasteiger partial charge in [-0.05, 0) is 42.5 Å². The zero-order valence-corrected chi connectivity index (χ0v) is 17.5. The Hall–Kier alpha value is -3.88. The van der Waals surface area contributed by atoms with Gasteiger partial charge in [-0.1, -0.05) is 18.2 Å². The van der Waals surface area contributed by atoms with Gasteiger partial charge in [0.25, 0.3) is 11.8 Å². The van der Waals surface area contributed by atoms with Crippen LogP contribution in [0.3, 0.4) is 0 Å². The first kappa shape index (κ1) is 22.3. The minimum Gasteiger partial charge on any atom is -0.439 e. The summed E-state index contributed by atoms with van der Waals surface area (Å²) in [6.45, 7) is 1.73. The largest absolute Gasteiger partial charge is 0.439 e. The van der Waals surface area contributed by atoms with Gasteiger partial charge in [0, 0.05) is 49.6 Å². The lowest BCUT2D eigenvalue weighted by molar-refractivity contribution is -0.137. The minimum atomic E-state index is -4.46. The van der Waals surface area contributed by atoms with Crippen LogP contribution in [0.15, 0.2) is 72.9 Å². The number of aromatic nitrogens is 1. The van der Waals surface area contributed by atoms with Crippen LogP contribution in [0, 0.1) is 0 Å². The molecule has 0 N–H and O–H groups in total. The van der Waals surface area contributed by atoms with E-state index in [0.717, 1.165) is 12.1 Å². The Kier molecular flexibility index (Phi) is 6.30. The monoisotopic (exact) mass is 455 g/mol. The zero-order chi connectivity index (χ0) is 23.4. The van der Waals surface area contributed by atoms with Crippen molar-refractivity contribution >= 4 is 11.8 Å². The molecule has 0 radical (unpaired) electrons. The molecule has 1 fully saturated rings. The number of amides is 2. The van der Waals surface area contributed by atoms with Gasteiger partial charge in [-0.25, -0.2) is 4.98 Å². The van der Waals surface area contributed by atoms with Crippen molar-refractivity contribution in [3.63, 3.8) is 0 Å².